The van der Waals surface area contributed by atoms with Crippen molar-refractivity contribution in [3.63, 3.8) is 0 Å². The van der Waals surface area contributed by atoms with Crippen LogP contribution in [0.15, 0.2) is 78.9 Å². The third kappa shape index (κ3) is 6.42. The first-order valence-electron chi connectivity index (χ1n) is 12.9. The SMILES string of the molecule is Cc1ccccc1-n1nc(C)c(-c2ccccc2)c1NC(=O)CN(CC(C)C)C(=O)c1cccc(C(F)(F)F)c1. The van der Waals surface area contributed by atoms with Crippen molar-refractivity contribution in [1.82, 2.24) is 14.7 Å². The molecule has 1 aromatic heterocycles. The van der Waals surface area contributed by atoms with E-state index >= 15 is 0 Å². The van der Waals surface area contributed by atoms with Crippen molar-refractivity contribution in [1.29, 1.82) is 0 Å². The van der Waals surface area contributed by atoms with E-state index in [4.69, 9.17) is 5.10 Å². The van der Waals surface area contributed by atoms with Gasteiger partial charge in [0.25, 0.3) is 5.91 Å². The average molecular weight is 549 g/mol. The molecule has 0 saturated heterocycles. The normalized spacial score (nSPS) is 11.5. The van der Waals surface area contributed by atoms with Gasteiger partial charge in [-0.05, 0) is 55.2 Å². The third-order valence-corrected chi connectivity index (χ3v) is 6.37. The number of aryl methyl sites for hydroxylation is 2. The second-order valence-electron chi connectivity index (χ2n) is 10.1. The summed E-state index contributed by atoms with van der Waals surface area (Å²) in [7, 11) is 0. The maximum absolute atomic E-state index is 13.5. The quantitative estimate of drug-likeness (QED) is 0.260. The van der Waals surface area contributed by atoms with Gasteiger partial charge >= 0.3 is 6.18 Å². The topological polar surface area (TPSA) is 67.2 Å². The lowest BCUT2D eigenvalue weighted by molar-refractivity contribution is -0.137. The van der Waals surface area contributed by atoms with Crippen molar-refractivity contribution in [2.24, 2.45) is 5.92 Å². The van der Waals surface area contributed by atoms with Crippen LogP contribution in [0.25, 0.3) is 16.8 Å². The number of para-hydroxylation sites is 1. The first kappa shape index (κ1) is 28.6. The largest absolute Gasteiger partial charge is 0.416 e. The number of benzene rings is 3. The molecule has 0 aliphatic heterocycles. The van der Waals surface area contributed by atoms with Gasteiger partial charge in [-0.15, -0.1) is 0 Å². The Kier molecular flexibility index (Phi) is 8.42. The predicted molar refractivity (Wildman–Crippen MR) is 149 cm³/mol. The second kappa shape index (κ2) is 11.8. The Morgan fingerprint density at radius 2 is 1.62 bits per heavy atom. The van der Waals surface area contributed by atoms with E-state index in [0.29, 0.717) is 11.5 Å². The van der Waals surface area contributed by atoms with Gasteiger partial charge in [0.2, 0.25) is 5.91 Å². The summed E-state index contributed by atoms with van der Waals surface area (Å²) < 4.78 is 41.5. The first-order valence-corrected chi connectivity index (χ1v) is 12.9. The molecule has 0 saturated carbocycles. The first-order chi connectivity index (χ1) is 19.0. The van der Waals surface area contributed by atoms with Crippen molar-refractivity contribution in [2.45, 2.75) is 33.9 Å². The van der Waals surface area contributed by atoms with Crippen LogP contribution >= 0.6 is 0 Å². The maximum atomic E-state index is 13.5. The van der Waals surface area contributed by atoms with Crippen LogP contribution in [0.1, 0.15) is 41.0 Å². The molecule has 208 valence electrons. The van der Waals surface area contributed by atoms with Crippen molar-refractivity contribution in [3.05, 3.63) is 101 Å². The Hall–Kier alpha value is -4.40. The number of carbonyl (C=O) groups excluding carboxylic acids is 2. The summed E-state index contributed by atoms with van der Waals surface area (Å²) in [6.45, 7) is 7.37. The Balaban J connectivity index is 1.69. The third-order valence-electron chi connectivity index (χ3n) is 6.37. The molecule has 0 atom stereocenters. The Morgan fingerprint density at radius 1 is 0.950 bits per heavy atom. The lowest BCUT2D eigenvalue weighted by atomic mass is 10.1. The molecule has 1 N–H and O–H groups in total. The highest BCUT2D eigenvalue weighted by molar-refractivity contribution is 6.01. The van der Waals surface area contributed by atoms with Gasteiger partial charge < -0.3 is 10.2 Å². The number of nitrogens with zero attached hydrogens (tertiary/aromatic N) is 3. The molecule has 9 heteroatoms. The van der Waals surface area contributed by atoms with Gasteiger partial charge in [-0.2, -0.15) is 18.3 Å². The van der Waals surface area contributed by atoms with Gasteiger partial charge in [0, 0.05) is 17.7 Å². The van der Waals surface area contributed by atoms with Gasteiger partial charge in [-0.3, -0.25) is 9.59 Å². The van der Waals surface area contributed by atoms with Crippen LogP contribution in [-0.4, -0.2) is 39.6 Å². The molecule has 0 unspecified atom stereocenters. The predicted octanol–water partition coefficient (Wildman–Crippen LogP) is 6.91. The highest BCUT2D eigenvalue weighted by Crippen LogP contribution is 2.34. The van der Waals surface area contributed by atoms with Crippen molar-refractivity contribution in [2.75, 3.05) is 18.4 Å². The zero-order valence-electron chi connectivity index (χ0n) is 22.8. The van der Waals surface area contributed by atoms with Crippen LogP contribution in [0, 0.1) is 19.8 Å². The molecule has 6 nitrogen and oxygen atoms in total. The average Bonchev–Trinajstić information content (AvgIpc) is 3.22. The smallest absolute Gasteiger partial charge is 0.329 e. The maximum Gasteiger partial charge on any atom is 0.416 e. The van der Waals surface area contributed by atoms with Gasteiger partial charge in [0.15, 0.2) is 0 Å². The Morgan fingerprint density at radius 3 is 2.27 bits per heavy atom. The highest BCUT2D eigenvalue weighted by atomic mass is 19.4. The molecule has 0 bridgehead atoms. The fourth-order valence-corrected chi connectivity index (χ4v) is 4.58. The number of alkyl halides is 3. The van der Waals surface area contributed by atoms with Gasteiger partial charge in [-0.25, -0.2) is 4.68 Å². The number of amides is 2. The number of hydrogen-bond donors (Lipinski definition) is 1. The summed E-state index contributed by atoms with van der Waals surface area (Å²) >= 11 is 0. The van der Waals surface area contributed by atoms with Crippen molar-refractivity contribution < 1.29 is 22.8 Å². The summed E-state index contributed by atoms with van der Waals surface area (Å²) in [5, 5.41) is 7.69. The Bertz CT molecular complexity index is 1510. The summed E-state index contributed by atoms with van der Waals surface area (Å²) in [6.07, 6.45) is -4.59. The van der Waals surface area contributed by atoms with Crippen molar-refractivity contribution >= 4 is 17.6 Å². The second-order valence-corrected chi connectivity index (χ2v) is 10.1. The van der Waals surface area contributed by atoms with Crippen LogP contribution in [-0.2, 0) is 11.0 Å². The molecule has 4 aromatic rings. The summed E-state index contributed by atoms with van der Waals surface area (Å²) in [5.74, 6) is -0.726. The van der Waals surface area contributed by atoms with Crippen LogP contribution in [0.4, 0.5) is 19.0 Å². The van der Waals surface area contributed by atoms with E-state index in [0.717, 1.165) is 34.5 Å². The number of aromatic nitrogens is 2. The minimum atomic E-state index is -4.59. The monoisotopic (exact) mass is 548 g/mol. The minimum absolute atomic E-state index is 0.0258. The molecule has 40 heavy (non-hydrogen) atoms. The molecule has 0 radical (unpaired) electrons. The van der Waals surface area contributed by atoms with Gasteiger partial charge in [-0.1, -0.05) is 68.4 Å². The summed E-state index contributed by atoms with van der Waals surface area (Å²) in [5.41, 5.74) is 2.96. The molecule has 0 aliphatic carbocycles. The molecule has 0 aliphatic rings. The van der Waals surface area contributed by atoms with E-state index in [1.165, 1.54) is 17.0 Å². The van der Waals surface area contributed by atoms with E-state index in [1.54, 1.807) is 4.68 Å². The standard InChI is InChI=1S/C31H31F3N4O2/c1-20(2)18-37(30(40)24-14-10-15-25(17-24)31(32,33)34)19-27(39)35-29-28(23-12-6-5-7-13-23)22(4)36-38(29)26-16-9-8-11-21(26)3/h5-17,20H,18-19H2,1-4H3,(H,35,39). The van der Waals surface area contributed by atoms with E-state index in [-0.39, 0.29) is 24.6 Å². The van der Waals surface area contributed by atoms with E-state index < -0.39 is 23.6 Å². The summed E-state index contributed by atoms with van der Waals surface area (Å²) in [4.78, 5) is 28.1. The van der Waals surface area contributed by atoms with Crippen molar-refractivity contribution in [3.8, 4) is 16.8 Å². The van der Waals surface area contributed by atoms with Crippen LogP contribution in [0.5, 0.6) is 0 Å². The van der Waals surface area contributed by atoms with Crippen LogP contribution in [0.3, 0.4) is 0 Å². The number of carbonyl (C=O) groups is 2. The molecular weight excluding hydrogens is 517 g/mol. The molecule has 4 rings (SSSR count). The fourth-order valence-electron chi connectivity index (χ4n) is 4.58. The van der Waals surface area contributed by atoms with E-state index in [9.17, 15) is 22.8 Å². The Labute approximate surface area is 231 Å². The van der Waals surface area contributed by atoms with Gasteiger partial charge in [0.05, 0.1) is 16.9 Å². The number of anilines is 1. The molecule has 3 aromatic carbocycles. The molecule has 0 fully saturated rings. The fraction of sp³-hybridized carbons (Fsp3) is 0.258. The molecule has 2 amide bonds. The lowest BCUT2D eigenvalue weighted by Gasteiger charge is -2.25. The van der Waals surface area contributed by atoms with E-state index in [1.807, 2.05) is 82.3 Å². The molecular formula is C31H31F3N4O2. The van der Waals surface area contributed by atoms with E-state index in [2.05, 4.69) is 5.32 Å². The molecule has 0 spiro atoms. The number of hydrogen-bond acceptors (Lipinski definition) is 3. The van der Waals surface area contributed by atoms with Crippen LogP contribution < -0.4 is 5.32 Å². The zero-order valence-corrected chi connectivity index (χ0v) is 22.8. The number of nitrogens with one attached hydrogen (secondary N) is 1. The summed E-state index contributed by atoms with van der Waals surface area (Å²) in [6, 6.07) is 21.4. The molecule has 1 heterocycles. The minimum Gasteiger partial charge on any atom is -0.329 e. The van der Waals surface area contributed by atoms with Crippen LogP contribution in [0.2, 0.25) is 0 Å². The lowest BCUT2D eigenvalue weighted by Crippen LogP contribution is -2.40. The highest BCUT2D eigenvalue weighted by Gasteiger charge is 2.32. The zero-order chi connectivity index (χ0) is 29.0. The number of halogens is 3. The van der Waals surface area contributed by atoms with Gasteiger partial charge in [0.1, 0.15) is 12.4 Å². The number of rotatable bonds is 8.